The van der Waals surface area contributed by atoms with Crippen LogP contribution in [0.3, 0.4) is 0 Å². The summed E-state index contributed by atoms with van der Waals surface area (Å²) in [4.78, 5) is 50.8. The molecule has 1 aliphatic carbocycles. The Balaban J connectivity index is 1.37. The van der Waals surface area contributed by atoms with Gasteiger partial charge in [-0.3, -0.25) is 24.3 Å². The van der Waals surface area contributed by atoms with Crippen LogP contribution in [0.25, 0.3) is 5.69 Å². The molecule has 0 aliphatic heterocycles. The van der Waals surface area contributed by atoms with Crippen molar-refractivity contribution in [2.45, 2.75) is 50.1 Å². The van der Waals surface area contributed by atoms with E-state index >= 15 is 0 Å². The van der Waals surface area contributed by atoms with E-state index in [1.54, 1.807) is 54.8 Å². The van der Waals surface area contributed by atoms with E-state index in [1.165, 1.54) is 30.6 Å². The molecule has 1 aliphatic rings. The molecule has 13 nitrogen and oxygen atoms in total. The number of carbonyl (C=O) groups is 3. The van der Waals surface area contributed by atoms with E-state index in [1.807, 2.05) is 0 Å². The van der Waals surface area contributed by atoms with E-state index in [4.69, 9.17) is 9.47 Å². The van der Waals surface area contributed by atoms with Crippen molar-refractivity contribution in [3.8, 4) is 11.4 Å². The number of hydrogen-bond donors (Lipinski definition) is 2. The van der Waals surface area contributed by atoms with Crippen molar-refractivity contribution in [3.63, 3.8) is 0 Å². The summed E-state index contributed by atoms with van der Waals surface area (Å²) < 4.78 is 12.1. The molecule has 2 amide bonds. The number of aromatic nitrogens is 3. The average Bonchev–Trinajstić information content (AvgIpc) is 3.74. The molecule has 0 saturated carbocycles. The van der Waals surface area contributed by atoms with Crippen molar-refractivity contribution < 1.29 is 28.8 Å². The molecular weight excluding hydrogens is 620 g/mol. The van der Waals surface area contributed by atoms with Crippen LogP contribution in [0.2, 0.25) is 0 Å². The first-order valence-electron chi connectivity index (χ1n) is 14.1. The minimum atomic E-state index is -0.681. The van der Waals surface area contributed by atoms with Gasteiger partial charge in [0.1, 0.15) is 10.8 Å². The fourth-order valence-electron chi connectivity index (χ4n) is 4.81. The second-order valence-corrected chi connectivity index (χ2v) is 12.4. The third-order valence-corrected chi connectivity index (χ3v) is 9.32. The highest BCUT2D eigenvalue weighted by molar-refractivity contribution is 8.00. The van der Waals surface area contributed by atoms with Crippen molar-refractivity contribution in [2.75, 3.05) is 19.0 Å². The van der Waals surface area contributed by atoms with Gasteiger partial charge >= 0.3 is 5.97 Å². The van der Waals surface area contributed by atoms with Gasteiger partial charge in [0.15, 0.2) is 11.0 Å². The second kappa shape index (κ2) is 13.9. The number of nitrogens with one attached hydrogen (secondary N) is 2. The number of fused-ring (bicyclic) bond motifs is 1. The third-order valence-electron chi connectivity index (χ3n) is 7.07. The van der Waals surface area contributed by atoms with Crippen LogP contribution in [-0.2, 0) is 28.9 Å². The molecule has 2 aromatic heterocycles. The van der Waals surface area contributed by atoms with Crippen molar-refractivity contribution in [3.05, 3.63) is 86.0 Å². The molecule has 5 rings (SSSR count). The average molecular weight is 651 g/mol. The lowest BCUT2D eigenvalue weighted by molar-refractivity contribution is -0.384. The predicted molar refractivity (Wildman–Crippen MR) is 168 cm³/mol. The molecule has 4 aromatic rings. The zero-order chi connectivity index (χ0) is 32.1. The number of esters is 1. The van der Waals surface area contributed by atoms with Crippen molar-refractivity contribution in [2.24, 2.45) is 0 Å². The first-order chi connectivity index (χ1) is 21.7. The number of non-ortho nitro benzene ring substituents is 1. The lowest BCUT2D eigenvalue weighted by atomic mass is 10.1. The number of thiophene rings is 1. The summed E-state index contributed by atoms with van der Waals surface area (Å²) in [6.45, 7) is 3.65. The number of aryl methyl sites for hydroxylation is 1. The summed E-state index contributed by atoms with van der Waals surface area (Å²) in [5, 5.41) is 25.6. The number of benzene rings is 2. The van der Waals surface area contributed by atoms with Crippen LogP contribution in [0.4, 0.5) is 10.7 Å². The molecule has 0 saturated heterocycles. The quantitative estimate of drug-likeness (QED) is 0.0926. The van der Waals surface area contributed by atoms with Gasteiger partial charge in [0.25, 0.3) is 11.6 Å². The number of thioether (sulfide) groups is 1. The van der Waals surface area contributed by atoms with Gasteiger partial charge in [0.05, 0.1) is 36.0 Å². The molecule has 0 fully saturated rings. The third kappa shape index (κ3) is 6.99. The largest absolute Gasteiger partial charge is 0.497 e. The fraction of sp³-hybridized carbons (Fsp3) is 0.300. The number of hydrogen-bond acceptors (Lipinski definition) is 11. The van der Waals surface area contributed by atoms with E-state index in [0.29, 0.717) is 38.5 Å². The second-order valence-electron chi connectivity index (χ2n) is 9.95. The molecule has 2 aromatic carbocycles. The smallest absolute Gasteiger partial charge is 0.341 e. The Morgan fingerprint density at radius 3 is 2.51 bits per heavy atom. The highest BCUT2D eigenvalue weighted by Gasteiger charge is 2.30. The molecule has 234 valence electrons. The van der Waals surface area contributed by atoms with Crippen LogP contribution in [0, 0.1) is 10.1 Å². The van der Waals surface area contributed by atoms with Crippen molar-refractivity contribution >= 4 is 51.6 Å². The molecule has 0 bridgehead atoms. The first-order valence-corrected chi connectivity index (χ1v) is 15.8. The lowest BCUT2D eigenvalue weighted by Gasteiger charge is -2.14. The normalized spacial score (nSPS) is 12.7. The number of nitro benzene ring substituents is 1. The number of rotatable bonds is 12. The zero-order valence-electron chi connectivity index (χ0n) is 24.7. The standard InChI is InChI=1S/C30H30N6O7S2/c1-4-43-29(39)25-22-6-5-7-23(22)45-28(25)32-26(37)17(2)44-30-34-33-24(35(30)19-10-12-20(13-11-19)36(40)41)16-31-27(38)18-8-14-21(42-3)15-9-18/h8-15,17H,4-7,16H2,1-3H3,(H,31,38)(H,32,37). The summed E-state index contributed by atoms with van der Waals surface area (Å²) in [5.74, 6) is -0.187. The predicted octanol–water partition coefficient (Wildman–Crippen LogP) is 4.96. The van der Waals surface area contributed by atoms with Crippen LogP contribution in [0.15, 0.2) is 53.7 Å². The van der Waals surface area contributed by atoms with E-state index in [2.05, 4.69) is 20.8 Å². The van der Waals surface area contributed by atoms with Crippen molar-refractivity contribution in [1.82, 2.24) is 20.1 Å². The molecule has 1 atom stereocenters. The highest BCUT2D eigenvalue weighted by Crippen LogP contribution is 2.40. The van der Waals surface area contributed by atoms with Crippen LogP contribution in [-0.4, -0.2) is 56.4 Å². The van der Waals surface area contributed by atoms with Gasteiger partial charge in [-0.1, -0.05) is 11.8 Å². The Kier molecular flexibility index (Phi) is 9.78. The topological polar surface area (TPSA) is 168 Å². The summed E-state index contributed by atoms with van der Waals surface area (Å²) in [7, 11) is 1.54. The Bertz CT molecular complexity index is 1730. The summed E-state index contributed by atoms with van der Waals surface area (Å²) in [6.07, 6.45) is 2.56. The zero-order valence-corrected chi connectivity index (χ0v) is 26.3. The summed E-state index contributed by atoms with van der Waals surface area (Å²) in [6, 6.07) is 12.4. The van der Waals surface area contributed by atoms with Crippen LogP contribution in [0.5, 0.6) is 5.75 Å². The summed E-state index contributed by atoms with van der Waals surface area (Å²) >= 11 is 2.51. The molecular formula is C30H30N6O7S2. The van der Waals surface area contributed by atoms with Gasteiger partial charge in [-0.15, -0.1) is 21.5 Å². The van der Waals surface area contributed by atoms with E-state index < -0.39 is 16.1 Å². The number of nitro groups is 1. The number of carbonyl (C=O) groups excluding carboxylic acids is 3. The number of methoxy groups -OCH3 is 1. The maximum absolute atomic E-state index is 13.4. The van der Waals surface area contributed by atoms with Gasteiger partial charge in [-0.05, 0) is 75.1 Å². The number of ether oxygens (including phenoxy) is 2. The molecule has 0 spiro atoms. The minimum absolute atomic E-state index is 0.0142. The Labute approximate surface area is 266 Å². The van der Waals surface area contributed by atoms with E-state index in [-0.39, 0.29) is 30.7 Å². The van der Waals surface area contributed by atoms with E-state index in [0.717, 1.165) is 41.5 Å². The van der Waals surface area contributed by atoms with Gasteiger partial charge in [-0.25, -0.2) is 4.79 Å². The van der Waals surface area contributed by atoms with Gasteiger partial charge in [0, 0.05) is 28.3 Å². The monoisotopic (exact) mass is 650 g/mol. The molecule has 15 heteroatoms. The minimum Gasteiger partial charge on any atom is -0.497 e. The Morgan fingerprint density at radius 2 is 1.84 bits per heavy atom. The number of amides is 2. The molecule has 45 heavy (non-hydrogen) atoms. The van der Waals surface area contributed by atoms with Gasteiger partial charge in [0.2, 0.25) is 5.91 Å². The Morgan fingerprint density at radius 1 is 1.11 bits per heavy atom. The maximum atomic E-state index is 13.4. The molecule has 2 N–H and O–H groups in total. The summed E-state index contributed by atoms with van der Waals surface area (Å²) in [5.41, 5.74) is 2.19. The van der Waals surface area contributed by atoms with Gasteiger partial charge in [-0.2, -0.15) is 0 Å². The number of anilines is 1. The van der Waals surface area contributed by atoms with Gasteiger partial charge < -0.3 is 20.1 Å². The first kappa shape index (κ1) is 31.7. The van der Waals surface area contributed by atoms with Crippen LogP contribution < -0.4 is 15.4 Å². The molecule has 0 radical (unpaired) electrons. The molecule has 1 unspecified atom stereocenters. The van der Waals surface area contributed by atoms with Crippen LogP contribution in [0.1, 0.15) is 57.2 Å². The van der Waals surface area contributed by atoms with Crippen molar-refractivity contribution in [1.29, 1.82) is 0 Å². The number of nitrogens with zero attached hydrogens (tertiary/aromatic N) is 4. The van der Waals surface area contributed by atoms with E-state index in [9.17, 15) is 24.5 Å². The molecule has 2 heterocycles. The SMILES string of the molecule is CCOC(=O)c1c(NC(=O)C(C)Sc2nnc(CNC(=O)c3ccc(OC)cc3)n2-c2ccc([N+](=O)[O-])cc2)sc2c1CCC2. The fourth-order valence-corrected chi connectivity index (χ4v) is 6.98. The lowest BCUT2D eigenvalue weighted by Crippen LogP contribution is -2.25. The van der Waals surface area contributed by atoms with Crippen LogP contribution >= 0.6 is 23.1 Å². The Hall–Kier alpha value is -4.76. The highest BCUT2D eigenvalue weighted by atomic mass is 32.2. The maximum Gasteiger partial charge on any atom is 0.341 e.